The van der Waals surface area contributed by atoms with Crippen molar-refractivity contribution in [2.24, 2.45) is 0 Å². The molecule has 2 aromatic rings. The van der Waals surface area contributed by atoms with Crippen molar-refractivity contribution >= 4 is 45.7 Å². The zero-order chi connectivity index (χ0) is 17.1. The van der Waals surface area contributed by atoms with Gasteiger partial charge >= 0.3 is 6.03 Å². The number of urea groups is 1. The number of carbonyl (C=O) groups is 2. The standard InChI is InChI=1S/C15H15ClN4O3S/c1-23-10-2-3-12(11(16)7-10)19-13(21)6-9-8-24-15(18-9)20-5-4-17-14(20)22/h2-3,7-8H,4-6H2,1H3,(H,17,22)(H,19,21). The van der Waals surface area contributed by atoms with Crippen LogP contribution < -0.4 is 20.3 Å². The highest BCUT2D eigenvalue weighted by molar-refractivity contribution is 7.14. The number of hydrogen-bond acceptors (Lipinski definition) is 5. The van der Waals surface area contributed by atoms with Gasteiger partial charge in [0.25, 0.3) is 0 Å². The summed E-state index contributed by atoms with van der Waals surface area (Å²) in [7, 11) is 1.55. The first-order valence-corrected chi connectivity index (χ1v) is 8.46. The number of halogens is 1. The summed E-state index contributed by atoms with van der Waals surface area (Å²) in [6.45, 7) is 1.18. The number of anilines is 2. The van der Waals surface area contributed by atoms with Crippen LogP contribution in [0.2, 0.25) is 5.02 Å². The molecule has 0 spiro atoms. The van der Waals surface area contributed by atoms with Crippen LogP contribution in [0, 0.1) is 0 Å². The highest BCUT2D eigenvalue weighted by Crippen LogP contribution is 2.27. The molecule has 2 N–H and O–H groups in total. The van der Waals surface area contributed by atoms with Crippen molar-refractivity contribution in [3.63, 3.8) is 0 Å². The lowest BCUT2D eigenvalue weighted by atomic mass is 10.2. The number of nitrogens with zero attached hydrogens (tertiary/aromatic N) is 2. The predicted octanol–water partition coefficient (Wildman–Crippen LogP) is 2.52. The molecular weight excluding hydrogens is 352 g/mol. The first-order chi connectivity index (χ1) is 11.6. The number of carbonyl (C=O) groups excluding carboxylic acids is 2. The molecule has 2 heterocycles. The number of ether oxygens (including phenoxy) is 1. The van der Waals surface area contributed by atoms with Crippen molar-refractivity contribution in [1.29, 1.82) is 0 Å². The van der Waals surface area contributed by atoms with Crippen LogP contribution >= 0.6 is 22.9 Å². The van der Waals surface area contributed by atoms with E-state index in [1.54, 1.807) is 35.6 Å². The number of amides is 3. The summed E-state index contributed by atoms with van der Waals surface area (Å²) >= 11 is 7.44. The van der Waals surface area contributed by atoms with E-state index in [0.29, 0.717) is 40.4 Å². The minimum absolute atomic E-state index is 0.105. The summed E-state index contributed by atoms with van der Waals surface area (Å²) in [5, 5.41) is 8.22. The lowest BCUT2D eigenvalue weighted by Crippen LogP contribution is -2.27. The smallest absolute Gasteiger partial charge is 0.323 e. The van der Waals surface area contributed by atoms with E-state index in [2.05, 4.69) is 15.6 Å². The molecule has 1 aliphatic heterocycles. The minimum Gasteiger partial charge on any atom is -0.497 e. The molecule has 0 unspecified atom stereocenters. The Morgan fingerprint density at radius 1 is 1.54 bits per heavy atom. The fraction of sp³-hybridized carbons (Fsp3) is 0.267. The maximum atomic E-state index is 12.2. The number of hydrogen-bond donors (Lipinski definition) is 2. The van der Waals surface area contributed by atoms with Crippen LogP contribution in [0.5, 0.6) is 5.75 Å². The van der Waals surface area contributed by atoms with Crippen LogP contribution in [0.4, 0.5) is 15.6 Å². The molecule has 0 atom stereocenters. The van der Waals surface area contributed by atoms with Gasteiger partial charge < -0.3 is 15.4 Å². The summed E-state index contributed by atoms with van der Waals surface area (Å²) in [5.41, 5.74) is 1.12. The second-order valence-corrected chi connectivity index (χ2v) is 6.32. The molecule has 1 fully saturated rings. The number of nitrogens with one attached hydrogen (secondary N) is 2. The number of thiazole rings is 1. The van der Waals surface area contributed by atoms with Crippen molar-refractivity contribution in [3.05, 3.63) is 34.3 Å². The molecule has 3 amide bonds. The average molecular weight is 367 g/mol. The van der Waals surface area contributed by atoms with Crippen molar-refractivity contribution in [3.8, 4) is 5.75 Å². The Morgan fingerprint density at radius 3 is 3.04 bits per heavy atom. The van der Waals surface area contributed by atoms with E-state index in [0.717, 1.165) is 0 Å². The van der Waals surface area contributed by atoms with Gasteiger partial charge in [-0.2, -0.15) is 0 Å². The molecular formula is C15H15ClN4O3S. The normalized spacial score (nSPS) is 13.8. The fourth-order valence-electron chi connectivity index (χ4n) is 2.24. The molecule has 0 saturated carbocycles. The summed E-state index contributed by atoms with van der Waals surface area (Å²) in [4.78, 5) is 29.7. The third-order valence-corrected chi connectivity index (χ3v) is 4.64. The van der Waals surface area contributed by atoms with Gasteiger partial charge in [0, 0.05) is 24.5 Å². The van der Waals surface area contributed by atoms with E-state index >= 15 is 0 Å². The highest BCUT2D eigenvalue weighted by atomic mass is 35.5. The van der Waals surface area contributed by atoms with Crippen LogP contribution in [0.3, 0.4) is 0 Å². The van der Waals surface area contributed by atoms with Gasteiger partial charge in [-0.1, -0.05) is 11.6 Å². The van der Waals surface area contributed by atoms with Gasteiger partial charge in [-0.3, -0.25) is 9.69 Å². The minimum atomic E-state index is -0.232. The maximum absolute atomic E-state index is 12.2. The molecule has 9 heteroatoms. The van der Waals surface area contributed by atoms with Crippen LogP contribution in [-0.2, 0) is 11.2 Å². The highest BCUT2D eigenvalue weighted by Gasteiger charge is 2.24. The number of methoxy groups -OCH3 is 1. The van der Waals surface area contributed by atoms with Crippen molar-refractivity contribution in [2.45, 2.75) is 6.42 Å². The molecule has 7 nitrogen and oxygen atoms in total. The number of aromatic nitrogens is 1. The monoisotopic (exact) mass is 366 g/mol. The molecule has 0 bridgehead atoms. The summed E-state index contributed by atoms with van der Waals surface area (Å²) in [5.74, 6) is 0.385. The van der Waals surface area contributed by atoms with Crippen LogP contribution in [0.15, 0.2) is 23.6 Å². The Bertz CT molecular complexity index is 780. The largest absolute Gasteiger partial charge is 0.497 e. The van der Waals surface area contributed by atoms with Gasteiger partial charge in [-0.05, 0) is 12.1 Å². The SMILES string of the molecule is COc1ccc(NC(=O)Cc2csc(N3CCNC3=O)n2)c(Cl)c1. The van der Waals surface area contributed by atoms with E-state index in [9.17, 15) is 9.59 Å². The van der Waals surface area contributed by atoms with E-state index in [4.69, 9.17) is 16.3 Å². The van der Waals surface area contributed by atoms with Crippen LogP contribution in [0.25, 0.3) is 0 Å². The van der Waals surface area contributed by atoms with Gasteiger partial charge in [-0.15, -0.1) is 11.3 Å². The average Bonchev–Trinajstić information content (AvgIpc) is 3.18. The molecule has 1 aromatic carbocycles. The van der Waals surface area contributed by atoms with E-state index in [1.807, 2.05) is 0 Å². The first kappa shape index (κ1) is 16.5. The summed E-state index contributed by atoms with van der Waals surface area (Å²) in [6, 6.07) is 4.86. The van der Waals surface area contributed by atoms with Crippen LogP contribution in [0.1, 0.15) is 5.69 Å². The molecule has 3 rings (SSSR count). The molecule has 1 aliphatic rings. The Balaban J connectivity index is 1.63. The maximum Gasteiger partial charge on any atom is 0.323 e. The number of rotatable bonds is 5. The second-order valence-electron chi connectivity index (χ2n) is 5.08. The molecule has 0 radical (unpaired) electrons. The van der Waals surface area contributed by atoms with E-state index in [1.165, 1.54) is 11.3 Å². The van der Waals surface area contributed by atoms with Crippen molar-refractivity contribution in [1.82, 2.24) is 10.3 Å². The van der Waals surface area contributed by atoms with Crippen molar-refractivity contribution < 1.29 is 14.3 Å². The zero-order valence-electron chi connectivity index (χ0n) is 12.8. The van der Waals surface area contributed by atoms with Gasteiger partial charge in [-0.25, -0.2) is 9.78 Å². The van der Waals surface area contributed by atoms with Gasteiger partial charge in [0.1, 0.15) is 5.75 Å². The molecule has 24 heavy (non-hydrogen) atoms. The summed E-state index contributed by atoms with van der Waals surface area (Å²) in [6.07, 6.45) is 0.105. The Kier molecular flexibility index (Phi) is 4.86. The molecule has 126 valence electrons. The fourth-order valence-corrected chi connectivity index (χ4v) is 3.31. The Labute approximate surface area is 147 Å². The van der Waals surface area contributed by atoms with Crippen molar-refractivity contribution in [2.75, 3.05) is 30.4 Å². The third-order valence-electron chi connectivity index (χ3n) is 3.42. The Morgan fingerprint density at radius 2 is 2.38 bits per heavy atom. The predicted molar refractivity (Wildman–Crippen MR) is 93.2 cm³/mol. The zero-order valence-corrected chi connectivity index (χ0v) is 14.4. The van der Waals surface area contributed by atoms with E-state index < -0.39 is 0 Å². The van der Waals surface area contributed by atoms with E-state index in [-0.39, 0.29) is 18.4 Å². The lowest BCUT2D eigenvalue weighted by molar-refractivity contribution is -0.115. The summed E-state index contributed by atoms with van der Waals surface area (Å²) < 4.78 is 5.07. The van der Waals surface area contributed by atoms with Gasteiger partial charge in [0.05, 0.1) is 29.9 Å². The third kappa shape index (κ3) is 3.60. The Hall–Kier alpha value is -2.32. The molecule has 1 saturated heterocycles. The topological polar surface area (TPSA) is 83.6 Å². The van der Waals surface area contributed by atoms with Gasteiger partial charge in [0.15, 0.2) is 5.13 Å². The first-order valence-electron chi connectivity index (χ1n) is 7.20. The van der Waals surface area contributed by atoms with Gasteiger partial charge in [0.2, 0.25) is 5.91 Å². The molecule has 0 aliphatic carbocycles. The lowest BCUT2D eigenvalue weighted by Gasteiger charge is -2.09. The van der Waals surface area contributed by atoms with Crippen LogP contribution in [-0.4, -0.2) is 37.1 Å². The number of benzene rings is 1. The second kappa shape index (κ2) is 7.06. The molecule has 1 aromatic heterocycles. The quantitative estimate of drug-likeness (QED) is 0.851.